The molecule has 0 aromatic heterocycles. The van der Waals surface area contributed by atoms with E-state index < -0.39 is 0 Å². The predicted molar refractivity (Wildman–Crippen MR) is 81.0 cm³/mol. The first-order valence-electron chi connectivity index (χ1n) is 6.84. The van der Waals surface area contributed by atoms with Gasteiger partial charge in [0.1, 0.15) is 5.75 Å². The third kappa shape index (κ3) is 4.43. The summed E-state index contributed by atoms with van der Waals surface area (Å²) in [6, 6.07) is 17.4. The number of para-hydroxylation sites is 1. The van der Waals surface area contributed by atoms with Gasteiger partial charge in [0.2, 0.25) is 5.91 Å². The molecule has 0 spiro atoms. The lowest BCUT2D eigenvalue weighted by molar-refractivity contribution is -0.116. The molecule has 1 N–H and O–H groups in total. The molecular weight excluding hydrogens is 250 g/mol. The lowest BCUT2D eigenvalue weighted by Crippen LogP contribution is -2.12. The summed E-state index contributed by atoms with van der Waals surface area (Å²) in [6.45, 7) is 2.63. The van der Waals surface area contributed by atoms with Crippen molar-refractivity contribution < 1.29 is 9.53 Å². The van der Waals surface area contributed by atoms with E-state index in [0.717, 1.165) is 23.4 Å². The fourth-order valence-corrected chi connectivity index (χ4v) is 1.92. The van der Waals surface area contributed by atoms with Crippen molar-refractivity contribution in [2.75, 3.05) is 11.9 Å². The summed E-state index contributed by atoms with van der Waals surface area (Å²) in [7, 11) is 0. The molecule has 2 rings (SSSR count). The Hall–Kier alpha value is -2.29. The minimum Gasteiger partial charge on any atom is -0.494 e. The SMILES string of the molecule is CCOc1ccc(CCC(=O)Nc2ccccc2)cc1. The third-order valence-corrected chi connectivity index (χ3v) is 2.93. The molecule has 2 aromatic carbocycles. The second-order valence-corrected chi connectivity index (χ2v) is 4.49. The highest BCUT2D eigenvalue weighted by atomic mass is 16.5. The van der Waals surface area contributed by atoms with Crippen LogP contribution in [0.4, 0.5) is 5.69 Å². The van der Waals surface area contributed by atoms with E-state index >= 15 is 0 Å². The quantitative estimate of drug-likeness (QED) is 0.869. The molecule has 0 atom stereocenters. The topological polar surface area (TPSA) is 38.3 Å². The molecular formula is C17H19NO2. The monoisotopic (exact) mass is 269 g/mol. The Morgan fingerprint density at radius 1 is 1.05 bits per heavy atom. The number of rotatable bonds is 6. The first-order valence-corrected chi connectivity index (χ1v) is 6.84. The molecule has 0 radical (unpaired) electrons. The number of aryl methyl sites for hydroxylation is 1. The van der Waals surface area contributed by atoms with Crippen molar-refractivity contribution in [2.24, 2.45) is 0 Å². The minimum absolute atomic E-state index is 0.0325. The number of hydrogen-bond acceptors (Lipinski definition) is 2. The number of ether oxygens (including phenoxy) is 1. The van der Waals surface area contributed by atoms with Crippen LogP contribution in [0.15, 0.2) is 54.6 Å². The lowest BCUT2D eigenvalue weighted by atomic mass is 10.1. The van der Waals surface area contributed by atoms with Crippen LogP contribution in [-0.4, -0.2) is 12.5 Å². The van der Waals surface area contributed by atoms with E-state index in [1.165, 1.54) is 0 Å². The summed E-state index contributed by atoms with van der Waals surface area (Å²) >= 11 is 0. The van der Waals surface area contributed by atoms with Crippen LogP contribution in [0.1, 0.15) is 18.9 Å². The normalized spacial score (nSPS) is 10.1. The molecule has 20 heavy (non-hydrogen) atoms. The van der Waals surface area contributed by atoms with Crippen molar-refractivity contribution in [1.82, 2.24) is 0 Å². The van der Waals surface area contributed by atoms with Gasteiger partial charge in [-0.1, -0.05) is 30.3 Å². The van der Waals surface area contributed by atoms with Gasteiger partial charge in [-0.05, 0) is 43.2 Å². The first kappa shape index (κ1) is 14.1. The molecule has 1 amide bonds. The summed E-state index contributed by atoms with van der Waals surface area (Å²) < 4.78 is 5.39. The molecule has 104 valence electrons. The number of anilines is 1. The van der Waals surface area contributed by atoms with E-state index in [2.05, 4.69) is 5.32 Å². The fraction of sp³-hybridized carbons (Fsp3) is 0.235. The Morgan fingerprint density at radius 2 is 1.75 bits per heavy atom. The summed E-state index contributed by atoms with van der Waals surface area (Å²) in [5.74, 6) is 0.898. The molecule has 3 nitrogen and oxygen atoms in total. The molecule has 0 fully saturated rings. The molecule has 0 saturated heterocycles. The largest absolute Gasteiger partial charge is 0.494 e. The van der Waals surface area contributed by atoms with E-state index in [4.69, 9.17) is 4.74 Å². The average molecular weight is 269 g/mol. The second-order valence-electron chi connectivity index (χ2n) is 4.49. The van der Waals surface area contributed by atoms with Gasteiger partial charge in [0.15, 0.2) is 0 Å². The molecule has 3 heteroatoms. The van der Waals surface area contributed by atoms with Crippen molar-refractivity contribution in [3.63, 3.8) is 0 Å². The van der Waals surface area contributed by atoms with Crippen molar-refractivity contribution in [3.05, 3.63) is 60.2 Å². The van der Waals surface area contributed by atoms with Gasteiger partial charge in [-0.3, -0.25) is 4.79 Å². The van der Waals surface area contributed by atoms with Crippen LogP contribution in [0.2, 0.25) is 0 Å². The number of carbonyl (C=O) groups excluding carboxylic acids is 1. The molecule has 0 aliphatic rings. The third-order valence-electron chi connectivity index (χ3n) is 2.93. The van der Waals surface area contributed by atoms with Crippen molar-refractivity contribution >= 4 is 11.6 Å². The van der Waals surface area contributed by atoms with Crippen molar-refractivity contribution in [1.29, 1.82) is 0 Å². The van der Waals surface area contributed by atoms with Gasteiger partial charge in [-0.2, -0.15) is 0 Å². The zero-order valence-corrected chi connectivity index (χ0v) is 11.6. The van der Waals surface area contributed by atoms with E-state index in [-0.39, 0.29) is 5.91 Å². The number of hydrogen-bond donors (Lipinski definition) is 1. The van der Waals surface area contributed by atoms with E-state index in [1.807, 2.05) is 61.5 Å². The molecule has 0 heterocycles. The summed E-state index contributed by atoms with van der Waals surface area (Å²) in [6.07, 6.45) is 1.20. The number of carbonyl (C=O) groups is 1. The Bertz CT molecular complexity index is 535. The Morgan fingerprint density at radius 3 is 2.40 bits per heavy atom. The van der Waals surface area contributed by atoms with Gasteiger partial charge >= 0.3 is 0 Å². The van der Waals surface area contributed by atoms with Gasteiger partial charge in [0, 0.05) is 12.1 Å². The summed E-state index contributed by atoms with van der Waals surface area (Å²) in [5, 5.41) is 2.88. The van der Waals surface area contributed by atoms with E-state index in [1.54, 1.807) is 0 Å². The Kier molecular flexibility index (Phi) is 5.18. The smallest absolute Gasteiger partial charge is 0.224 e. The molecule has 0 saturated carbocycles. The van der Waals surface area contributed by atoms with Crippen LogP contribution in [0.3, 0.4) is 0 Å². The maximum absolute atomic E-state index is 11.8. The van der Waals surface area contributed by atoms with Crippen LogP contribution in [0, 0.1) is 0 Å². The Balaban J connectivity index is 1.81. The van der Waals surface area contributed by atoms with Crippen molar-refractivity contribution in [2.45, 2.75) is 19.8 Å². The zero-order chi connectivity index (χ0) is 14.2. The van der Waals surface area contributed by atoms with Crippen LogP contribution in [0.25, 0.3) is 0 Å². The minimum atomic E-state index is 0.0325. The van der Waals surface area contributed by atoms with E-state index in [0.29, 0.717) is 13.0 Å². The van der Waals surface area contributed by atoms with Gasteiger partial charge in [-0.25, -0.2) is 0 Å². The second kappa shape index (κ2) is 7.34. The maximum Gasteiger partial charge on any atom is 0.224 e. The molecule has 0 aliphatic carbocycles. The maximum atomic E-state index is 11.8. The van der Waals surface area contributed by atoms with Crippen molar-refractivity contribution in [3.8, 4) is 5.75 Å². The number of amides is 1. The van der Waals surface area contributed by atoms with Crippen LogP contribution < -0.4 is 10.1 Å². The van der Waals surface area contributed by atoms with Gasteiger partial charge < -0.3 is 10.1 Å². The molecule has 0 aliphatic heterocycles. The first-order chi connectivity index (χ1) is 9.78. The molecule has 2 aromatic rings. The average Bonchev–Trinajstić information content (AvgIpc) is 2.48. The molecule has 0 unspecified atom stereocenters. The van der Waals surface area contributed by atoms with E-state index in [9.17, 15) is 4.79 Å². The van der Waals surface area contributed by atoms with Gasteiger partial charge in [0.25, 0.3) is 0 Å². The van der Waals surface area contributed by atoms with Gasteiger partial charge in [0.05, 0.1) is 6.61 Å². The summed E-state index contributed by atoms with van der Waals surface area (Å²) in [4.78, 5) is 11.8. The van der Waals surface area contributed by atoms with Gasteiger partial charge in [-0.15, -0.1) is 0 Å². The molecule has 0 bridgehead atoms. The standard InChI is InChI=1S/C17H19NO2/c1-2-20-16-11-8-14(9-12-16)10-13-17(19)18-15-6-4-3-5-7-15/h3-9,11-12H,2,10,13H2,1H3,(H,18,19). The highest BCUT2D eigenvalue weighted by molar-refractivity contribution is 5.90. The van der Waals surface area contributed by atoms with Crippen LogP contribution in [0.5, 0.6) is 5.75 Å². The fourth-order valence-electron chi connectivity index (χ4n) is 1.92. The highest BCUT2D eigenvalue weighted by Gasteiger charge is 2.03. The van der Waals surface area contributed by atoms with Crippen LogP contribution >= 0.6 is 0 Å². The summed E-state index contributed by atoms with van der Waals surface area (Å²) in [5.41, 5.74) is 1.97. The Labute approximate surface area is 119 Å². The van der Waals surface area contributed by atoms with Crippen LogP contribution in [-0.2, 0) is 11.2 Å². The number of nitrogens with one attached hydrogen (secondary N) is 1. The zero-order valence-electron chi connectivity index (χ0n) is 11.6. The number of benzene rings is 2. The highest BCUT2D eigenvalue weighted by Crippen LogP contribution is 2.14. The predicted octanol–water partition coefficient (Wildman–Crippen LogP) is 3.66. The lowest BCUT2D eigenvalue weighted by Gasteiger charge is -2.06.